The van der Waals surface area contributed by atoms with Gasteiger partial charge >= 0.3 is 0 Å². The lowest BCUT2D eigenvalue weighted by molar-refractivity contribution is 0.236. The second-order valence-corrected chi connectivity index (χ2v) is 5.78. The maximum absolute atomic E-state index is 5.31. The summed E-state index contributed by atoms with van der Waals surface area (Å²) in [6, 6.07) is 9.11. The monoisotopic (exact) mass is 275 g/mol. The molecular weight excluding hydrogens is 250 g/mol. The molecule has 1 atom stereocenters. The molecule has 4 heteroatoms. The van der Waals surface area contributed by atoms with Crippen molar-refractivity contribution in [3.8, 4) is 5.75 Å². The van der Waals surface area contributed by atoms with Crippen molar-refractivity contribution in [1.29, 1.82) is 0 Å². The molecule has 1 aromatic rings. The molecule has 3 rings (SSSR count). The molecular formula is C16H25N3O. The Kier molecular flexibility index (Phi) is 4.43. The smallest absolute Gasteiger partial charge is 0.120 e. The molecule has 4 nitrogen and oxygen atoms in total. The molecule has 20 heavy (non-hydrogen) atoms. The molecule has 0 amide bonds. The van der Waals surface area contributed by atoms with Gasteiger partial charge in [0.15, 0.2) is 0 Å². The van der Waals surface area contributed by atoms with Gasteiger partial charge in [-0.1, -0.05) is 6.07 Å². The largest absolute Gasteiger partial charge is 0.497 e. The zero-order chi connectivity index (χ0) is 13.8. The van der Waals surface area contributed by atoms with Crippen molar-refractivity contribution in [2.24, 2.45) is 0 Å². The van der Waals surface area contributed by atoms with Crippen LogP contribution >= 0.6 is 0 Å². The highest BCUT2D eigenvalue weighted by atomic mass is 16.5. The number of benzene rings is 1. The van der Waals surface area contributed by atoms with Crippen molar-refractivity contribution in [2.75, 3.05) is 51.3 Å². The highest BCUT2D eigenvalue weighted by Gasteiger charge is 2.22. The Morgan fingerprint density at radius 2 is 2.10 bits per heavy atom. The summed E-state index contributed by atoms with van der Waals surface area (Å²) in [6.07, 6.45) is 2.69. The molecule has 0 unspecified atom stereocenters. The maximum atomic E-state index is 5.31. The van der Waals surface area contributed by atoms with Gasteiger partial charge in [-0.05, 0) is 31.5 Å². The van der Waals surface area contributed by atoms with Gasteiger partial charge in [0, 0.05) is 50.5 Å². The van der Waals surface area contributed by atoms with Crippen molar-refractivity contribution < 1.29 is 4.74 Å². The summed E-state index contributed by atoms with van der Waals surface area (Å²) in [6.45, 7) is 6.96. The van der Waals surface area contributed by atoms with Crippen molar-refractivity contribution in [3.63, 3.8) is 0 Å². The lowest BCUT2D eigenvalue weighted by atomic mass is 10.2. The first kappa shape index (κ1) is 13.7. The Bertz CT molecular complexity index is 423. The Morgan fingerprint density at radius 3 is 2.80 bits per heavy atom. The van der Waals surface area contributed by atoms with Crippen molar-refractivity contribution in [3.05, 3.63) is 24.3 Å². The van der Waals surface area contributed by atoms with Gasteiger partial charge in [0.25, 0.3) is 0 Å². The van der Waals surface area contributed by atoms with Gasteiger partial charge in [-0.3, -0.25) is 4.90 Å². The summed E-state index contributed by atoms with van der Waals surface area (Å²) < 4.78 is 5.31. The second-order valence-electron chi connectivity index (χ2n) is 5.78. The quantitative estimate of drug-likeness (QED) is 0.903. The molecule has 2 fully saturated rings. The minimum atomic E-state index is 0.721. The average Bonchev–Trinajstić information content (AvgIpc) is 3.01. The number of rotatable bonds is 4. The first-order valence-electron chi connectivity index (χ1n) is 7.70. The molecule has 0 bridgehead atoms. The summed E-state index contributed by atoms with van der Waals surface area (Å²) >= 11 is 0. The number of hydrogen-bond donors (Lipinski definition) is 1. The standard InChI is InChI=1S/C16H25N3O/c1-20-16-6-2-5-15(12-16)19-10-8-18(9-11-19)13-14-4-3-7-17-14/h2,5-6,12,14,17H,3-4,7-11,13H2,1H3/t14-/m1/s1. The highest BCUT2D eigenvalue weighted by Crippen LogP contribution is 2.22. The van der Waals surface area contributed by atoms with E-state index in [0.29, 0.717) is 0 Å². The molecule has 0 aromatic heterocycles. The number of hydrogen-bond acceptors (Lipinski definition) is 4. The molecule has 110 valence electrons. The van der Waals surface area contributed by atoms with Gasteiger partial charge in [-0.25, -0.2) is 0 Å². The minimum absolute atomic E-state index is 0.721. The van der Waals surface area contributed by atoms with E-state index in [1.54, 1.807) is 7.11 Å². The molecule has 2 heterocycles. The van der Waals surface area contributed by atoms with Crippen molar-refractivity contribution >= 4 is 5.69 Å². The lowest BCUT2D eigenvalue weighted by Crippen LogP contribution is -2.49. The Morgan fingerprint density at radius 1 is 1.25 bits per heavy atom. The number of nitrogens with zero attached hydrogens (tertiary/aromatic N) is 2. The third-order valence-electron chi connectivity index (χ3n) is 4.43. The number of methoxy groups -OCH3 is 1. The minimum Gasteiger partial charge on any atom is -0.497 e. The molecule has 0 saturated carbocycles. The van der Waals surface area contributed by atoms with Crippen LogP contribution in [0.3, 0.4) is 0 Å². The Balaban J connectivity index is 1.52. The molecule has 0 aliphatic carbocycles. The first-order valence-corrected chi connectivity index (χ1v) is 7.70. The highest BCUT2D eigenvalue weighted by molar-refractivity contribution is 5.51. The van der Waals surface area contributed by atoms with Crippen LogP contribution in [0.4, 0.5) is 5.69 Å². The lowest BCUT2D eigenvalue weighted by Gasteiger charge is -2.37. The third-order valence-corrected chi connectivity index (χ3v) is 4.43. The van der Waals surface area contributed by atoms with Crippen LogP contribution in [-0.2, 0) is 0 Å². The van der Waals surface area contributed by atoms with E-state index < -0.39 is 0 Å². The van der Waals surface area contributed by atoms with Gasteiger partial charge in [-0.15, -0.1) is 0 Å². The van der Waals surface area contributed by atoms with Crippen LogP contribution in [0.2, 0.25) is 0 Å². The number of nitrogens with one attached hydrogen (secondary N) is 1. The fraction of sp³-hybridized carbons (Fsp3) is 0.625. The van der Waals surface area contributed by atoms with E-state index >= 15 is 0 Å². The van der Waals surface area contributed by atoms with Crippen molar-refractivity contribution in [2.45, 2.75) is 18.9 Å². The van der Waals surface area contributed by atoms with Crippen LogP contribution in [0.25, 0.3) is 0 Å². The zero-order valence-electron chi connectivity index (χ0n) is 12.3. The van der Waals surface area contributed by atoms with Crippen molar-refractivity contribution in [1.82, 2.24) is 10.2 Å². The summed E-state index contributed by atoms with van der Waals surface area (Å²) in [7, 11) is 1.73. The van der Waals surface area contributed by atoms with Crippen LogP contribution in [-0.4, -0.2) is 57.3 Å². The van der Waals surface area contributed by atoms with Crippen LogP contribution in [0.15, 0.2) is 24.3 Å². The van der Waals surface area contributed by atoms with Gasteiger partial charge in [0.05, 0.1) is 7.11 Å². The summed E-state index contributed by atoms with van der Waals surface area (Å²) in [5.41, 5.74) is 1.28. The number of ether oxygens (including phenoxy) is 1. The molecule has 1 aromatic carbocycles. The van der Waals surface area contributed by atoms with Crippen LogP contribution < -0.4 is 15.0 Å². The second kappa shape index (κ2) is 6.46. The average molecular weight is 275 g/mol. The molecule has 1 N–H and O–H groups in total. The van der Waals surface area contributed by atoms with E-state index in [4.69, 9.17) is 4.74 Å². The number of piperazine rings is 1. The van der Waals surface area contributed by atoms with E-state index in [1.165, 1.54) is 31.6 Å². The normalized spacial score (nSPS) is 24.1. The fourth-order valence-corrected chi connectivity index (χ4v) is 3.22. The molecule has 2 aliphatic rings. The van der Waals surface area contributed by atoms with E-state index in [2.05, 4.69) is 33.3 Å². The molecule has 0 spiro atoms. The first-order chi connectivity index (χ1) is 9.85. The van der Waals surface area contributed by atoms with E-state index in [1.807, 2.05) is 6.07 Å². The summed E-state index contributed by atoms with van der Waals surface area (Å²) in [5, 5.41) is 3.59. The topological polar surface area (TPSA) is 27.7 Å². The van der Waals surface area contributed by atoms with Gasteiger partial charge < -0.3 is 15.0 Å². The zero-order valence-corrected chi connectivity index (χ0v) is 12.3. The van der Waals surface area contributed by atoms with E-state index in [0.717, 1.165) is 38.0 Å². The van der Waals surface area contributed by atoms with Gasteiger partial charge in [0.2, 0.25) is 0 Å². The van der Waals surface area contributed by atoms with E-state index in [-0.39, 0.29) is 0 Å². The summed E-state index contributed by atoms with van der Waals surface area (Å²) in [4.78, 5) is 5.06. The van der Waals surface area contributed by atoms with Gasteiger partial charge in [0.1, 0.15) is 5.75 Å². The number of anilines is 1. The molecule has 0 radical (unpaired) electrons. The van der Waals surface area contributed by atoms with E-state index in [9.17, 15) is 0 Å². The fourth-order valence-electron chi connectivity index (χ4n) is 3.22. The predicted octanol–water partition coefficient (Wildman–Crippen LogP) is 1.57. The van der Waals surface area contributed by atoms with Crippen LogP contribution in [0.1, 0.15) is 12.8 Å². The van der Waals surface area contributed by atoms with Crippen LogP contribution in [0.5, 0.6) is 5.75 Å². The molecule has 2 aliphatic heterocycles. The third kappa shape index (κ3) is 3.25. The SMILES string of the molecule is COc1cccc(N2CCN(C[C@H]3CCCN3)CC2)c1. The molecule has 2 saturated heterocycles. The summed E-state index contributed by atoms with van der Waals surface area (Å²) in [5.74, 6) is 0.945. The predicted molar refractivity (Wildman–Crippen MR) is 82.7 cm³/mol. The Hall–Kier alpha value is -1.26. The van der Waals surface area contributed by atoms with Crippen LogP contribution in [0, 0.1) is 0 Å². The maximum Gasteiger partial charge on any atom is 0.120 e. The Labute approximate surface area is 121 Å². The van der Waals surface area contributed by atoms with Gasteiger partial charge in [-0.2, -0.15) is 0 Å².